The second kappa shape index (κ2) is 11.2. The minimum absolute atomic E-state index is 0.0191. The molecule has 3 N–H and O–H groups in total. The molecule has 0 bridgehead atoms. The van der Waals surface area contributed by atoms with Gasteiger partial charge in [0.1, 0.15) is 11.9 Å². The standard InChI is InChI=1S/C22H27FN4O2S2/c1-2-11-24-21(29)19(26-20(28)18-4-3-14-31-18)15-9-12-27(13-10-15)22(30)25-17-7-5-16(23)6-8-17/h3-8,14-15,19H,2,9-13H2,1H3,(H,24,29)(H,25,30)(H,26,28). The maximum Gasteiger partial charge on any atom is 0.262 e. The molecule has 1 aliphatic heterocycles. The van der Waals surface area contributed by atoms with Crippen molar-refractivity contribution in [2.45, 2.75) is 32.2 Å². The van der Waals surface area contributed by atoms with Crippen LogP contribution in [0.1, 0.15) is 35.9 Å². The first-order chi connectivity index (χ1) is 15.0. The van der Waals surface area contributed by atoms with Crippen LogP contribution in [0, 0.1) is 11.7 Å². The number of nitrogens with one attached hydrogen (secondary N) is 3. The van der Waals surface area contributed by atoms with Crippen LogP contribution in [-0.4, -0.2) is 47.5 Å². The van der Waals surface area contributed by atoms with Crippen molar-refractivity contribution in [3.63, 3.8) is 0 Å². The number of hydrogen-bond acceptors (Lipinski definition) is 4. The number of nitrogens with zero attached hydrogens (tertiary/aromatic N) is 1. The Hall–Kier alpha value is -2.52. The Balaban J connectivity index is 1.59. The minimum atomic E-state index is -0.582. The third-order valence-corrected chi connectivity index (χ3v) is 6.49. The van der Waals surface area contributed by atoms with E-state index < -0.39 is 6.04 Å². The van der Waals surface area contributed by atoms with E-state index in [2.05, 4.69) is 16.0 Å². The number of halogens is 1. The molecule has 6 nitrogen and oxygen atoms in total. The molecule has 0 spiro atoms. The SMILES string of the molecule is CCCNC(=O)C(NC(=O)c1cccs1)C1CCN(C(=S)Nc2ccc(F)cc2)CC1. The number of anilines is 1. The molecule has 9 heteroatoms. The summed E-state index contributed by atoms with van der Waals surface area (Å²) in [4.78, 5) is 28.0. The molecule has 0 aliphatic carbocycles. The molecule has 1 atom stereocenters. The lowest BCUT2D eigenvalue weighted by Gasteiger charge is -2.37. The summed E-state index contributed by atoms with van der Waals surface area (Å²) in [7, 11) is 0. The topological polar surface area (TPSA) is 73.5 Å². The lowest BCUT2D eigenvalue weighted by atomic mass is 9.88. The lowest BCUT2D eigenvalue weighted by Crippen LogP contribution is -2.54. The number of thiophene rings is 1. The molecule has 0 saturated carbocycles. The van der Waals surface area contributed by atoms with Gasteiger partial charge in [0.05, 0.1) is 4.88 Å². The quantitative estimate of drug-likeness (QED) is 0.548. The van der Waals surface area contributed by atoms with Crippen molar-refractivity contribution >= 4 is 46.2 Å². The summed E-state index contributed by atoms with van der Waals surface area (Å²) >= 11 is 6.85. The molecule has 1 aromatic heterocycles. The first kappa shape index (κ1) is 23.1. The van der Waals surface area contributed by atoms with Crippen molar-refractivity contribution in [3.8, 4) is 0 Å². The summed E-state index contributed by atoms with van der Waals surface area (Å²) in [5, 5.41) is 11.4. The maximum atomic E-state index is 13.1. The van der Waals surface area contributed by atoms with Crippen molar-refractivity contribution < 1.29 is 14.0 Å². The van der Waals surface area contributed by atoms with Gasteiger partial charge in [-0.1, -0.05) is 13.0 Å². The molecule has 0 radical (unpaired) electrons. The summed E-state index contributed by atoms with van der Waals surface area (Å²) in [6.45, 7) is 3.91. The summed E-state index contributed by atoms with van der Waals surface area (Å²) in [6.07, 6.45) is 2.28. The van der Waals surface area contributed by atoms with Gasteiger partial charge in [-0.05, 0) is 73.1 Å². The van der Waals surface area contributed by atoms with Crippen molar-refractivity contribution in [3.05, 3.63) is 52.5 Å². The molecule has 1 aromatic carbocycles. The molecule has 1 unspecified atom stereocenters. The van der Waals surface area contributed by atoms with E-state index in [1.165, 1.54) is 23.5 Å². The van der Waals surface area contributed by atoms with E-state index in [1.54, 1.807) is 18.2 Å². The average molecular weight is 463 g/mol. The van der Waals surface area contributed by atoms with Gasteiger partial charge in [0.15, 0.2) is 5.11 Å². The van der Waals surface area contributed by atoms with Gasteiger partial charge in [-0.25, -0.2) is 4.39 Å². The van der Waals surface area contributed by atoms with E-state index in [-0.39, 0.29) is 23.5 Å². The van der Waals surface area contributed by atoms with Gasteiger partial charge >= 0.3 is 0 Å². The van der Waals surface area contributed by atoms with E-state index in [0.29, 0.717) is 29.6 Å². The van der Waals surface area contributed by atoms with Gasteiger partial charge in [-0.15, -0.1) is 11.3 Å². The molecule has 1 aliphatic rings. The first-order valence-electron chi connectivity index (χ1n) is 10.4. The Kier molecular flexibility index (Phi) is 8.36. The van der Waals surface area contributed by atoms with E-state index in [1.807, 2.05) is 23.3 Å². The van der Waals surface area contributed by atoms with Crippen molar-refractivity contribution in [2.24, 2.45) is 5.92 Å². The molecule has 1 saturated heterocycles. The van der Waals surface area contributed by atoms with E-state index in [4.69, 9.17) is 12.2 Å². The fourth-order valence-electron chi connectivity index (χ4n) is 3.55. The number of carbonyl (C=O) groups is 2. The van der Waals surface area contributed by atoms with Crippen LogP contribution < -0.4 is 16.0 Å². The van der Waals surface area contributed by atoms with E-state index in [0.717, 1.165) is 24.9 Å². The second-order valence-electron chi connectivity index (χ2n) is 7.48. The van der Waals surface area contributed by atoms with Gasteiger partial charge in [0, 0.05) is 25.3 Å². The lowest BCUT2D eigenvalue weighted by molar-refractivity contribution is -0.124. The average Bonchev–Trinajstić information content (AvgIpc) is 3.32. The largest absolute Gasteiger partial charge is 0.354 e. The van der Waals surface area contributed by atoms with Crippen LogP contribution >= 0.6 is 23.6 Å². The fourth-order valence-corrected chi connectivity index (χ4v) is 4.47. The normalized spacial score (nSPS) is 15.2. The van der Waals surface area contributed by atoms with Gasteiger partial charge < -0.3 is 20.9 Å². The van der Waals surface area contributed by atoms with E-state index in [9.17, 15) is 14.0 Å². The minimum Gasteiger partial charge on any atom is -0.354 e. The number of thiocarbonyl (C=S) groups is 1. The number of amides is 2. The van der Waals surface area contributed by atoms with Gasteiger partial charge in [-0.2, -0.15) is 0 Å². The number of piperidine rings is 1. The number of benzene rings is 1. The predicted molar refractivity (Wildman–Crippen MR) is 126 cm³/mol. The van der Waals surface area contributed by atoms with E-state index >= 15 is 0 Å². The molecule has 2 heterocycles. The van der Waals surface area contributed by atoms with Crippen LogP contribution in [0.2, 0.25) is 0 Å². The fraction of sp³-hybridized carbons (Fsp3) is 0.409. The zero-order chi connectivity index (χ0) is 22.2. The molecule has 31 heavy (non-hydrogen) atoms. The summed E-state index contributed by atoms with van der Waals surface area (Å²) in [5.74, 6) is -0.639. The smallest absolute Gasteiger partial charge is 0.262 e. The van der Waals surface area contributed by atoms with Gasteiger partial charge in [0.25, 0.3) is 5.91 Å². The summed E-state index contributed by atoms with van der Waals surface area (Å²) in [5.41, 5.74) is 0.730. The summed E-state index contributed by atoms with van der Waals surface area (Å²) in [6, 6.07) is 9.04. The number of carbonyl (C=O) groups excluding carboxylic acids is 2. The number of hydrogen-bond donors (Lipinski definition) is 3. The third kappa shape index (κ3) is 6.48. The highest BCUT2D eigenvalue weighted by Crippen LogP contribution is 2.23. The Morgan fingerprint density at radius 1 is 1.23 bits per heavy atom. The van der Waals surface area contributed by atoms with Gasteiger partial charge in [0.2, 0.25) is 5.91 Å². The Morgan fingerprint density at radius 3 is 2.55 bits per heavy atom. The van der Waals surface area contributed by atoms with Crippen LogP contribution in [0.4, 0.5) is 10.1 Å². The first-order valence-corrected chi connectivity index (χ1v) is 11.7. The monoisotopic (exact) mass is 462 g/mol. The van der Waals surface area contributed by atoms with Crippen LogP contribution in [-0.2, 0) is 4.79 Å². The number of rotatable bonds is 7. The Labute approximate surface area is 191 Å². The molecular weight excluding hydrogens is 435 g/mol. The molecule has 166 valence electrons. The predicted octanol–water partition coefficient (Wildman–Crippen LogP) is 3.62. The van der Waals surface area contributed by atoms with Crippen LogP contribution in [0.5, 0.6) is 0 Å². The van der Waals surface area contributed by atoms with Crippen molar-refractivity contribution in [1.82, 2.24) is 15.5 Å². The zero-order valence-corrected chi connectivity index (χ0v) is 19.0. The molecule has 3 rings (SSSR count). The molecule has 2 aromatic rings. The zero-order valence-electron chi connectivity index (χ0n) is 17.4. The molecule has 1 fully saturated rings. The van der Waals surface area contributed by atoms with Crippen molar-refractivity contribution in [1.29, 1.82) is 0 Å². The highest BCUT2D eigenvalue weighted by Gasteiger charge is 2.33. The molecule has 2 amide bonds. The van der Waals surface area contributed by atoms with Crippen molar-refractivity contribution in [2.75, 3.05) is 25.0 Å². The highest BCUT2D eigenvalue weighted by atomic mass is 32.1. The molecular formula is C22H27FN4O2S2. The maximum absolute atomic E-state index is 13.1. The highest BCUT2D eigenvalue weighted by molar-refractivity contribution is 7.80. The number of likely N-dealkylation sites (tertiary alicyclic amines) is 1. The van der Waals surface area contributed by atoms with Crippen LogP contribution in [0.3, 0.4) is 0 Å². The third-order valence-electron chi connectivity index (χ3n) is 5.26. The Morgan fingerprint density at radius 2 is 1.94 bits per heavy atom. The Bertz CT molecular complexity index is 881. The van der Waals surface area contributed by atoms with Gasteiger partial charge in [-0.3, -0.25) is 9.59 Å². The van der Waals surface area contributed by atoms with Crippen LogP contribution in [0.15, 0.2) is 41.8 Å². The summed E-state index contributed by atoms with van der Waals surface area (Å²) < 4.78 is 13.1. The second-order valence-corrected chi connectivity index (χ2v) is 8.82. The van der Waals surface area contributed by atoms with Crippen LogP contribution in [0.25, 0.3) is 0 Å².